The maximum Gasteiger partial charge on any atom is 0.357 e. The van der Waals surface area contributed by atoms with Crippen LogP contribution in [-0.2, 0) is 16.8 Å². The minimum atomic E-state index is -1.26. The molecule has 0 saturated heterocycles. The van der Waals surface area contributed by atoms with E-state index in [0.29, 0.717) is 5.69 Å². The number of benzene rings is 2. The zero-order chi connectivity index (χ0) is 20.5. The fourth-order valence-corrected chi connectivity index (χ4v) is 2.89. The van der Waals surface area contributed by atoms with Crippen LogP contribution in [-0.4, -0.2) is 26.8 Å². The molecule has 0 saturated carbocycles. The van der Waals surface area contributed by atoms with Crippen molar-refractivity contribution in [2.24, 2.45) is 0 Å². The molecule has 0 bridgehead atoms. The second-order valence-electron chi connectivity index (χ2n) is 7.54. The highest BCUT2D eigenvalue weighted by atomic mass is 16.4. The molecule has 3 rings (SSSR count). The van der Waals surface area contributed by atoms with Gasteiger partial charge in [0.2, 0.25) is 5.91 Å². The molecule has 0 spiro atoms. The fraction of sp³-hybridized carbons (Fsp3) is 0.238. The summed E-state index contributed by atoms with van der Waals surface area (Å²) < 4.78 is 0.880. The first kappa shape index (κ1) is 19.3. The number of rotatable bonds is 4. The third kappa shape index (κ3) is 3.93. The van der Waals surface area contributed by atoms with Crippen molar-refractivity contribution in [3.05, 3.63) is 70.1 Å². The van der Waals surface area contributed by atoms with Crippen LogP contribution in [0.15, 0.2) is 53.3 Å². The van der Waals surface area contributed by atoms with Gasteiger partial charge in [0, 0.05) is 11.1 Å². The summed E-state index contributed by atoms with van der Waals surface area (Å²) in [7, 11) is 0. The van der Waals surface area contributed by atoms with Gasteiger partial charge in [-0.3, -0.25) is 9.59 Å². The maximum atomic E-state index is 12.6. The van der Waals surface area contributed by atoms with E-state index in [1.807, 2.05) is 12.1 Å². The van der Waals surface area contributed by atoms with Gasteiger partial charge < -0.3 is 10.4 Å². The number of hydrogen-bond donors (Lipinski definition) is 2. The number of anilines is 1. The van der Waals surface area contributed by atoms with E-state index in [0.717, 1.165) is 10.2 Å². The first-order valence-corrected chi connectivity index (χ1v) is 8.80. The maximum absolute atomic E-state index is 12.6. The van der Waals surface area contributed by atoms with Gasteiger partial charge in [-0.25, -0.2) is 9.48 Å². The van der Waals surface area contributed by atoms with E-state index in [-0.39, 0.29) is 28.4 Å². The van der Waals surface area contributed by atoms with Crippen LogP contribution in [0.1, 0.15) is 36.8 Å². The Labute approximate surface area is 161 Å². The van der Waals surface area contributed by atoms with Crippen LogP contribution in [0.4, 0.5) is 5.69 Å². The summed E-state index contributed by atoms with van der Waals surface area (Å²) >= 11 is 0. The molecule has 2 aromatic carbocycles. The number of hydrogen-bond acceptors (Lipinski definition) is 4. The minimum absolute atomic E-state index is 0.00189. The molecule has 1 aromatic heterocycles. The van der Waals surface area contributed by atoms with E-state index >= 15 is 0 Å². The van der Waals surface area contributed by atoms with Gasteiger partial charge in [-0.05, 0) is 29.2 Å². The lowest BCUT2D eigenvalue weighted by Crippen LogP contribution is -2.31. The average molecular weight is 379 g/mol. The van der Waals surface area contributed by atoms with Crippen LogP contribution < -0.4 is 10.9 Å². The average Bonchev–Trinajstić information content (AvgIpc) is 2.63. The molecule has 0 aliphatic heterocycles. The van der Waals surface area contributed by atoms with Gasteiger partial charge in [0.1, 0.15) is 6.54 Å². The third-order valence-electron chi connectivity index (χ3n) is 4.40. The van der Waals surface area contributed by atoms with E-state index in [4.69, 9.17) is 0 Å². The van der Waals surface area contributed by atoms with Crippen molar-refractivity contribution in [1.82, 2.24) is 9.78 Å². The molecule has 0 aliphatic rings. The van der Waals surface area contributed by atoms with Crippen molar-refractivity contribution in [2.45, 2.75) is 32.7 Å². The minimum Gasteiger partial charge on any atom is -0.476 e. The molecule has 2 N–H and O–H groups in total. The van der Waals surface area contributed by atoms with Crippen molar-refractivity contribution in [2.75, 3.05) is 5.32 Å². The summed E-state index contributed by atoms with van der Waals surface area (Å²) in [5, 5.41) is 16.4. The molecule has 144 valence electrons. The summed E-state index contributed by atoms with van der Waals surface area (Å²) in [5.74, 6) is -1.73. The monoisotopic (exact) mass is 379 g/mol. The topological polar surface area (TPSA) is 101 Å². The Kier molecular flexibility index (Phi) is 5.00. The van der Waals surface area contributed by atoms with Gasteiger partial charge in [-0.15, -0.1) is 0 Å². The number of aromatic carboxylic acids is 1. The van der Waals surface area contributed by atoms with Gasteiger partial charge in [-0.2, -0.15) is 5.10 Å². The molecule has 1 amide bonds. The van der Waals surface area contributed by atoms with Crippen molar-refractivity contribution >= 4 is 28.3 Å². The Morgan fingerprint density at radius 1 is 1.04 bits per heavy atom. The van der Waals surface area contributed by atoms with Crippen molar-refractivity contribution in [3.8, 4) is 0 Å². The smallest absolute Gasteiger partial charge is 0.357 e. The van der Waals surface area contributed by atoms with Crippen LogP contribution in [0.2, 0.25) is 0 Å². The third-order valence-corrected chi connectivity index (χ3v) is 4.40. The van der Waals surface area contributed by atoms with E-state index in [2.05, 4.69) is 31.2 Å². The largest absolute Gasteiger partial charge is 0.476 e. The molecule has 28 heavy (non-hydrogen) atoms. The molecule has 0 unspecified atom stereocenters. The molecule has 3 aromatic rings. The predicted molar refractivity (Wildman–Crippen MR) is 107 cm³/mol. The zero-order valence-electron chi connectivity index (χ0n) is 15.9. The standard InChI is InChI=1S/C21H21N3O4/c1-21(2,3)13-8-10-14(11-9-13)22-17(25)12-24-19(26)16-7-5-4-6-15(16)18(23-24)20(27)28/h4-11H,12H2,1-3H3,(H,22,25)(H,27,28). The fourth-order valence-electron chi connectivity index (χ4n) is 2.89. The highest BCUT2D eigenvalue weighted by Gasteiger charge is 2.17. The lowest BCUT2D eigenvalue weighted by molar-refractivity contribution is -0.117. The molecular formula is C21H21N3O4. The summed E-state index contributed by atoms with van der Waals surface area (Å²) in [6.45, 7) is 5.90. The van der Waals surface area contributed by atoms with Gasteiger partial charge in [0.15, 0.2) is 5.69 Å². The molecule has 7 heteroatoms. The SMILES string of the molecule is CC(C)(C)c1ccc(NC(=O)Cn2nc(C(=O)O)c3ccccc3c2=O)cc1. The van der Waals surface area contributed by atoms with Crippen LogP contribution in [0, 0.1) is 0 Å². The van der Waals surface area contributed by atoms with Gasteiger partial charge in [0.05, 0.1) is 5.39 Å². The highest BCUT2D eigenvalue weighted by Crippen LogP contribution is 2.23. The number of fused-ring (bicyclic) bond motifs is 1. The number of aromatic nitrogens is 2. The highest BCUT2D eigenvalue weighted by molar-refractivity contribution is 6.01. The zero-order valence-corrected chi connectivity index (χ0v) is 15.9. The van der Waals surface area contributed by atoms with E-state index < -0.39 is 17.4 Å². The summed E-state index contributed by atoms with van der Waals surface area (Å²) in [6, 6.07) is 13.7. The van der Waals surface area contributed by atoms with Crippen LogP contribution in [0.5, 0.6) is 0 Å². The van der Waals surface area contributed by atoms with Crippen molar-refractivity contribution in [1.29, 1.82) is 0 Å². The molecule has 7 nitrogen and oxygen atoms in total. The molecule has 0 fully saturated rings. The number of nitrogens with one attached hydrogen (secondary N) is 1. The Morgan fingerprint density at radius 3 is 2.21 bits per heavy atom. The van der Waals surface area contributed by atoms with E-state index in [1.54, 1.807) is 24.3 Å². The summed E-state index contributed by atoms with van der Waals surface area (Å²) in [4.78, 5) is 36.4. The second-order valence-corrected chi connectivity index (χ2v) is 7.54. The number of carboxylic acids is 1. The number of carboxylic acid groups (broad SMARTS) is 1. The number of amides is 1. The number of carbonyl (C=O) groups is 2. The molecule has 0 atom stereocenters. The summed E-state index contributed by atoms with van der Waals surface area (Å²) in [6.07, 6.45) is 0. The van der Waals surface area contributed by atoms with E-state index in [1.165, 1.54) is 12.1 Å². The molecule has 0 radical (unpaired) electrons. The van der Waals surface area contributed by atoms with Crippen LogP contribution in [0.25, 0.3) is 10.8 Å². The van der Waals surface area contributed by atoms with E-state index in [9.17, 15) is 19.5 Å². The first-order chi connectivity index (χ1) is 13.2. The lowest BCUT2D eigenvalue weighted by atomic mass is 9.87. The van der Waals surface area contributed by atoms with Gasteiger partial charge in [-0.1, -0.05) is 51.1 Å². The Hall–Kier alpha value is -3.48. The Balaban J connectivity index is 1.86. The van der Waals surface area contributed by atoms with Crippen LogP contribution >= 0.6 is 0 Å². The van der Waals surface area contributed by atoms with Gasteiger partial charge in [0.25, 0.3) is 5.56 Å². The Bertz CT molecular complexity index is 1110. The number of carbonyl (C=O) groups excluding carboxylic acids is 1. The van der Waals surface area contributed by atoms with Crippen molar-refractivity contribution < 1.29 is 14.7 Å². The molecular weight excluding hydrogens is 358 g/mol. The normalized spacial score (nSPS) is 11.4. The Morgan fingerprint density at radius 2 is 1.64 bits per heavy atom. The number of nitrogens with zero attached hydrogens (tertiary/aromatic N) is 2. The van der Waals surface area contributed by atoms with Crippen molar-refractivity contribution in [3.63, 3.8) is 0 Å². The van der Waals surface area contributed by atoms with Crippen LogP contribution in [0.3, 0.4) is 0 Å². The second kappa shape index (κ2) is 7.26. The predicted octanol–water partition coefficient (Wildman–Crippen LogP) is 3.03. The lowest BCUT2D eigenvalue weighted by Gasteiger charge is -2.19. The molecule has 1 heterocycles. The first-order valence-electron chi connectivity index (χ1n) is 8.80. The van der Waals surface area contributed by atoms with Gasteiger partial charge >= 0.3 is 5.97 Å². The summed E-state index contributed by atoms with van der Waals surface area (Å²) in [5.41, 5.74) is 0.934. The quantitative estimate of drug-likeness (QED) is 0.726. The molecule has 0 aliphatic carbocycles.